The molecule has 0 unspecified atom stereocenters. The van der Waals surface area contributed by atoms with Crippen LogP contribution in [0.25, 0.3) is 0 Å². The van der Waals surface area contributed by atoms with Crippen molar-refractivity contribution < 1.29 is 9.59 Å². The molecule has 1 fully saturated rings. The molecular weight excluding hydrogens is 350 g/mol. The summed E-state index contributed by atoms with van der Waals surface area (Å²) in [5.74, 6) is -0.364. The fraction of sp³-hybridized carbons (Fsp3) is 0.391. The molecule has 3 rings (SSSR count). The van der Waals surface area contributed by atoms with Gasteiger partial charge in [-0.3, -0.25) is 9.59 Å². The van der Waals surface area contributed by atoms with Gasteiger partial charge in [0.1, 0.15) is 6.42 Å². The molecule has 0 radical (unpaired) electrons. The standard InChI is InChI=1S/C23H29N3O2/c1-16-8-9-20(18(3)14-16)24-22(27)15-23(28)26-12-10-25(11-13-26)21-7-5-6-17(2)19(21)4/h5-9,14H,10-13,15H2,1-4H3,(H,24,27). The van der Waals surface area contributed by atoms with Crippen LogP contribution in [-0.2, 0) is 9.59 Å². The van der Waals surface area contributed by atoms with Crippen molar-refractivity contribution in [3.63, 3.8) is 0 Å². The van der Waals surface area contributed by atoms with Crippen LogP contribution in [0.15, 0.2) is 36.4 Å². The van der Waals surface area contributed by atoms with Crippen molar-refractivity contribution in [2.75, 3.05) is 36.4 Å². The van der Waals surface area contributed by atoms with E-state index in [1.54, 1.807) is 4.90 Å². The van der Waals surface area contributed by atoms with E-state index in [9.17, 15) is 9.59 Å². The van der Waals surface area contributed by atoms with Gasteiger partial charge >= 0.3 is 0 Å². The number of hydrogen-bond acceptors (Lipinski definition) is 3. The highest BCUT2D eigenvalue weighted by atomic mass is 16.2. The topological polar surface area (TPSA) is 52.7 Å². The number of anilines is 2. The van der Waals surface area contributed by atoms with E-state index in [4.69, 9.17) is 0 Å². The van der Waals surface area contributed by atoms with Gasteiger partial charge in [0.15, 0.2) is 0 Å². The minimum Gasteiger partial charge on any atom is -0.368 e. The third kappa shape index (κ3) is 4.53. The van der Waals surface area contributed by atoms with Gasteiger partial charge in [0.2, 0.25) is 11.8 Å². The summed E-state index contributed by atoms with van der Waals surface area (Å²) in [6.07, 6.45) is -0.114. The molecule has 1 saturated heterocycles. The first-order valence-electron chi connectivity index (χ1n) is 9.81. The summed E-state index contributed by atoms with van der Waals surface area (Å²) in [4.78, 5) is 29.0. The van der Waals surface area contributed by atoms with Crippen molar-refractivity contribution in [3.05, 3.63) is 58.7 Å². The summed E-state index contributed by atoms with van der Waals surface area (Å²) in [7, 11) is 0. The van der Waals surface area contributed by atoms with Crippen LogP contribution in [0.3, 0.4) is 0 Å². The van der Waals surface area contributed by atoms with Crippen molar-refractivity contribution in [1.29, 1.82) is 0 Å². The zero-order valence-corrected chi connectivity index (χ0v) is 17.2. The summed E-state index contributed by atoms with van der Waals surface area (Å²) in [6, 6.07) is 12.2. The molecule has 28 heavy (non-hydrogen) atoms. The number of nitrogens with zero attached hydrogens (tertiary/aromatic N) is 2. The largest absolute Gasteiger partial charge is 0.368 e. The number of rotatable bonds is 4. The van der Waals surface area contributed by atoms with Gasteiger partial charge in [0, 0.05) is 37.6 Å². The third-order valence-electron chi connectivity index (χ3n) is 5.52. The highest BCUT2D eigenvalue weighted by Gasteiger charge is 2.24. The highest BCUT2D eigenvalue weighted by molar-refractivity contribution is 6.03. The normalized spacial score (nSPS) is 14.1. The smallest absolute Gasteiger partial charge is 0.233 e. The minimum atomic E-state index is -0.256. The second-order valence-corrected chi connectivity index (χ2v) is 7.63. The van der Waals surface area contributed by atoms with Crippen molar-refractivity contribution in [2.45, 2.75) is 34.1 Å². The molecule has 1 N–H and O–H groups in total. The van der Waals surface area contributed by atoms with Crippen LogP contribution in [0, 0.1) is 27.7 Å². The Morgan fingerprint density at radius 2 is 1.64 bits per heavy atom. The van der Waals surface area contributed by atoms with Crippen LogP contribution in [0.4, 0.5) is 11.4 Å². The van der Waals surface area contributed by atoms with Crippen LogP contribution in [-0.4, -0.2) is 42.9 Å². The first-order valence-corrected chi connectivity index (χ1v) is 9.81. The zero-order chi connectivity index (χ0) is 20.3. The lowest BCUT2D eigenvalue weighted by molar-refractivity contribution is -0.134. The highest BCUT2D eigenvalue weighted by Crippen LogP contribution is 2.24. The Kier molecular flexibility index (Phi) is 6.02. The predicted octanol–water partition coefficient (Wildman–Crippen LogP) is 3.60. The van der Waals surface area contributed by atoms with Gasteiger partial charge in [0.25, 0.3) is 0 Å². The number of aryl methyl sites for hydroxylation is 3. The molecule has 2 aromatic rings. The van der Waals surface area contributed by atoms with Gasteiger partial charge in [-0.2, -0.15) is 0 Å². The molecule has 0 saturated carbocycles. The molecule has 0 aliphatic carbocycles. The molecule has 148 valence electrons. The quantitative estimate of drug-likeness (QED) is 0.826. The molecule has 0 aromatic heterocycles. The first kappa shape index (κ1) is 19.9. The molecule has 1 heterocycles. The molecule has 1 aliphatic rings. The molecule has 0 bridgehead atoms. The monoisotopic (exact) mass is 379 g/mol. The van der Waals surface area contributed by atoms with Crippen molar-refractivity contribution >= 4 is 23.2 Å². The molecule has 0 atom stereocenters. The summed E-state index contributed by atoms with van der Waals surface area (Å²) in [5.41, 5.74) is 6.72. The average molecular weight is 380 g/mol. The van der Waals surface area contributed by atoms with Crippen LogP contribution in [0.5, 0.6) is 0 Å². The molecule has 1 aliphatic heterocycles. The van der Waals surface area contributed by atoms with E-state index in [0.717, 1.165) is 29.9 Å². The summed E-state index contributed by atoms with van der Waals surface area (Å²) in [6.45, 7) is 11.1. The van der Waals surface area contributed by atoms with Crippen molar-refractivity contribution in [1.82, 2.24) is 4.90 Å². The Bertz CT molecular complexity index is 883. The zero-order valence-electron chi connectivity index (χ0n) is 17.2. The van der Waals surface area contributed by atoms with Crippen LogP contribution in [0.2, 0.25) is 0 Å². The Hall–Kier alpha value is -2.82. The Balaban J connectivity index is 1.53. The molecule has 5 heteroatoms. The second-order valence-electron chi connectivity index (χ2n) is 7.63. The van der Waals surface area contributed by atoms with Crippen LogP contribution in [0.1, 0.15) is 28.7 Å². The van der Waals surface area contributed by atoms with E-state index in [1.807, 2.05) is 32.0 Å². The lowest BCUT2D eigenvalue weighted by Gasteiger charge is -2.37. The SMILES string of the molecule is Cc1ccc(NC(=O)CC(=O)N2CCN(c3cccc(C)c3C)CC2)c(C)c1. The summed E-state index contributed by atoms with van der Waals surface area (Å²) >= 11 is 0. The molecular formula is C23H29N3O2. The number of hydrogen-bond donors (Lipinski definition) is 1. The van der Waals surface area contributed by atoms with Gasteiger partial charge in [-0.25, -0.2) is 0 Å². The van der Waals surface area contributed by atoms with Gasteiger partial charge in [-0.1, -0.05) is 29.8 Å². The second kappa shape index (κ2) is 8.46. The maximum absolute atomic E-state index is 12.5. The number of carbonyl (C=O) groups excluding carboxylic acids is 2. The third-order valence-corrected chi connectivity index (χ3v) is 5.52. The van der Waals surface area contributed by atoms with Gasteiger partial charge < -0.3 is 15.1 Å². The Morgan fingerprint density at radius 3 is 2.32 bits per heavy atom. The van der Waals surface area contributed by atoms with E-state index in [0.29, 0.717) is 13.1 Å². The predicted molar refractivity (Wildman–Crippen MR) is 114 cm³/mol. The fourth-order valence-electron chi connectivity index (χ4n) is 3.67. The summed E-state index contributed by atoms with van der Waals surface area (Å²) in [5, 5.41) is 2.86. The van der Waals surface area contributed by atoms with E-state index >= 15 is 0 Å². The fourth-order valence-corrected chi connectivity index (χ4v) is 3.67. The maximum Gasteiger partial charge on any atom is 0.233 e. The Morgan fingerprint density at radius 1 is 0.929 bits per heavy atom. The minimum absolute atomic E-state index is 0.108. The number of carbonyl (C=O) groups is 2. The Labute approximate surface area is 167 Å². The van der Waals surface area contributed by atoms with E-state index in [-0.39, 0.29) is 18.2 Å². The average Bonchev–Trinajstić information content (AvgIpc) is 2.66. The molecule has 2 amide bonds. The maximum atomic E-state index is 12.5. The van der Waals surface area contributed by atoms with Gasteiger partial charge in [-0.05, 0) is 56.5 Å². The summed E-state index contributed by atoms with van der Waals surface area (Å²) < 4.78 is 0. The molecule has 0 spiro atoms. The number of amides is 2. The van der Waals surface area contributed by atoms with E-state index in [1.165, 1.54) is 16.8 Å². The van der Waals surface area contributed by atoms with Gasteiger partial charge in [0.05, 0.1) is 0 Å². The first-order chi connectivity index (χ1) is 13.3. The van der Waals surface area contributed by atoms with E-state index in [2.05, 4.69) is 42.3 Å². The number of nitrogens with one attached hydrogen (secondary N) is 1. The van der Waals surface area contributed by atoms with Gasteiger partial charge in [-0.15, -0.1) is 0 Å². The van der Waals surface area contributed by atoms with Crippen LogP contribution < -0.4 is 10.2 Å². The molecule has 2 aromatic carbocycles. The molecule has 5 nitrogen and oxygen atoms in total. The lowest BCUT2D eigenvalue weighted by atomic mass is 10.1. The van der Waals surface area contributed by atoms with Crippen molar-refractivity contribution in [3.8, 4) is 0 Å². The van der Waals surface area contributed by atoms with Crippen LogP contribution >= 0.6 is 0 Å². The van der Waals surface area contributed by atoms with Crippen molar-refractivity contribution in [2.24, 2.45) is 0 Å². The number of benzene rings is 2. The van der Waals surface area contributed by atoms with E-state index < -0.39 is 0 Å². The lowest BCUT2D eigenvalue weighted by Crippen LogP contribution is -2.49. The number of piperazine rings is 1.